The summed E-state index contributed by atoms with van der Waals surface area (Å²) >= 11 is 0. The Bertz CT molecular complexity index is 416. The lowest BCUT2D eigenvalue weighted by atomic mass is 10.1. The Morgan fingerprint density at radius 2 is 2.24 bits per heavy atom. The number of nitrogens with one attached hydrogen (secondary N) is 2. The highest BCUT2D eigenvalue weighted by Gasteiger charge is 2.45. The summed E-state index contributed by atoms with van der Waals surface area (Å²) in [4.78, 5) is 11.6. The number of hydrogen-bond acceptors (Lipinski definition) is 1. The first-order valence-electron chi connectivity index (χ1n) is 5.98. The van der Waals surface area contributed by atoms with E-state index in [4.69, 9.17) is 0 Å². The Labute approximate surface area is 100 Å². The van der Waals surface area contributed by atoms with Crippen molar-refractivity contribution in [1.29, 1.82) is 0 Å². The molecule has 4 heteroatoms. The number of carbonyl (C=O) groups is 1. The molecule has 0 saturated heterocycles. The van der Waals surface area contributed by atoms with Crippen LogP contribution in [0.3, 0.4) is 0 Å². The highest BCUT2D eigenvalue weighted by Crippen LogP contribution is 2.45. The normalized spacial score (nSPS) is 16.4. The molecule has 92 valence electrons. The Morgan fingerprint density at radius 3 is 2.82 bits per heavy atom. The first kappa shape index (κ1) is 11.9. The Kier molecular flexibility index (Phi) is 3.31. The molecule has 1 saturated carbocycles. The SMILES string of the molecule is CCCNC(=O)NC1(c2cccc(F)c2)CC1. The summed E-state index contributed by atoms with van der Waals surface area (Å²) in [6.45, 7) is 2.66. The molecule has 0 heterocycles. The fraction of sp³-hybridized carbons (Fsp3) is 0.462. The van der Waals surface area contributed by atoms with Gasteiger partial charge in [-0.25, -0.2) is 9.18 Å². The van der Waals surface area contributed by atoms with Gasteiger partial charge in [0.2, 0.25) is 0 Å². The van der Waals surface area contributed by atoms with Gasteiger partial charge in [0.1, 0.15) is 5.82 Å². The van der Waals surface area contributed by atoms with Gasteiger partial charge in [0.05, 0.1) is 5.54 Å². The van der Waals surface area contributed by atoms with Crippen molar-refractivity contribution in [2.45, 2.75) is 31.7 Å². The van der Waals surface area contributed by atoms with Gasteiger partial charge in [-0.2, -0.15) is 0 Å². The maximum atomic E-state index is 13.1. The third kappa shape index (κ3) is 2.75. The molecule has 1 fully saturated rings. The second kappa shape index (κ2) is 4.73. The van der Waals surface area contributed by atoms with Gasteiger partial charge in [-0.15, -0.1) is 0 Å². The second-order valence-corrected chi connectivity index (χ2v) is 4.47. The van der Waals surface area contributed by atoms with E-state index in [1.165, 1.54) is 12.1 Å². The third-order valence-electron chi connectivity index (χ3n) is 3.02. The van der Waals surface area contributed by atoms with Crippen molar-refractivity contribution in [1.82, 2.24) is 10.6 Å². The highest BCUT2D eigenvalue weighted by atomic mass is 19.1. The van der Waals surface area contributed by atoms with Crippen LogP contribution in [0.25, 0.3) is 0 Å². The zero-order valence-corrected chi connectivity index (χ0v) is 9.92. The molecule has 2 amide bonds. The van der Waals surface area contributed by atoms with Crippen molar-refractivity contribution in [3.63, 3.8) is 0 Å². The first-order valence-corrected chi connectivity index (χ1v) is 5.98. The smallest absolute Gasteiger partial charge is 0.315 e. The van der Waals surface area contributed by atoms with Gasteiger partial charge < -0.3 is 10.6 Å². The van der Waals surface area contributed by atoms with Crippen LogP contribution in [0, 0.1) is 5.82 Å². The van der Waals surface area contributed by atoms with Crippen LogP contribution in [0.2, 0.25) is 0 Å². The maximum absolute atomic E-state index is 13.1. The van der Waals surface area contributed by atoms with Crippen LogP contribution < -0.4 is 10.6 Å². The summed E-state index contributed by atoms with van der Waals surface area (Å²) in [5.74, 6) is -0.260. The molecule has 0 spiro atoms. The van der Waals surface area contributed by atoms with E-state index in [1.807, 2.05) is 13.0 Å². The predicted molar refractivity (Wildman–Crippen MR) is 64.1 cm³/mol. The van der Waals surface area contributed by atoms with Crippen LogP contribution in [0.4, 0.5) is 9.18 Å². The number of hydrogen-bond donors (Lipinski definition) is 2. The summed E-state index contributed by atoms with van der Waals surface area (Å²) in [5, 5.41) is 5.70. The van der Waals surface area contributed by atoms with E-state index in [1.54, 1.807) is 6.07 Å². The molecule has 0 radical (unpaired) electrons. The van der Waals surface area contributed by atoms with E-state index < -0.39 is 0 Å². The lowest BCUT2D eigenvalue weighted by Gasteiger charge is -2.18. The van der Waals surface area contributed by atoms with E-state index in [0.717, 1.165) is 24.8 Å². The Morgan fingerprint density at radius 1 is 1.47 bits per heavy atom. The topological polar surface area (TPSA) is 41.1 Å². The van der Waals surface area contributed by atoms with Gasteiger partial charge in [0.15, 0.2) is 0 Å². The van der Waals surface area contributed by atoms with Gasteiger partial charge in [-0.3, -0.25) is 0 Å². The molecule has 0 bridgehead atoms. The number of halogens is 1. The van der Waals surface area contributed by atoms with Crippen molar-refractivity contribution in [3.8, 4) is 0 Å². The zero-order chi connectivity index (χ0) is 12.3. The zero-order valence-electron chi connectivity index (χ0n) is 9.92. The number of rotatable bonds is 4. The molecule has 1 aliphatic rings. The second-order valence-electron chi connectivity index (χ2n) is 4.47. The predicted octanol–water partition coefficient (Wildman–Crippen LogP) is 2.52. The molecule has 0 unspecified atom stereocenters. The van der Waals surface area contributed by atoms with Crippen LogP contribution in [-0.2, 0) is 5.54 Å². The van der Waals surface area contributed by atoms with Gasteiger partial charge >= 0.3 is 6.03 Å². The molecule has 2 rings (SSSR count). The van der Waals surface area contributed by atoms with Crippen LogP contribution >= 0.6 is 0 Å². The summed E-state index contributed by atoms with van der Waals surface area (Å²) in [6, 6.07) is 6.27. The molecular weight excluding hydrogens is 219 g/mol. The average molecular weight is 236 g/mol. The highest BCUT2D eigenvalue weighted by molar-refractivity contribution is 5.75. The van der Waals surface area contributed by atoms with Gasteiger partial charge in [0, 0.05) is 6.54 Å². The van der Waals surface area contributed by atoms with Gasteiger partial charge in [0.25, 0.3) is 0 Å². The van der Waals surface area contributed by atoms with Crippen molar-refractivity contribution >= 4 is 6.03 Å². The summed E-state index contributed by atoms with van der Waals surface area (Å²) in [6.07, 6.45) is 2.65. The molecule has 0 aromatic heterocycles. The maximum Gasteiger partial charge on any atom is 0.315 e. The van der Waals surface area contributed by atoms with Crippen molar-refractivity contribution in [2.75, 3.05) is 6.54 Å². The van der Waals surface area contributed by atoms with E-state index >= 15 is 0 Å². The number of carbonyl (C=O) groups excluding carboxylic acids is 1. The molecule has 0 atom stereocenters. The molecule has 0 aliphatic heterocycles. The molecule has 1 aromatic rings. The molecular formula is C13H17FN2O. The molecule has 2 N–H and O–H groups in total. The number of benzene rings is 1. The van der Waals surface area contributed by atoms with Crippen LogP contribution in [0.1, 0.15) is 31.7 Å². The molecule has 17 heavy (non-hydrogen) atoms. The summed E-state index contributed by atoms with van der Waals surface area (Å²) in [7, 11) is 0. The number of amides is 2. The van der Waals surface area contributed by atoms with E-state index in [0.29, 0.717) is 6.54 Å². The average Bonchev–Trinajstić information content (AvgIpc) is 3.07. The van der Waals surface area contributed by atoms with E-state index in [-0.39, 0.29) is 17.4 Å². The minimum Gasteiger partial charge on any atom is -0.338 e. The molecule has 1 aliphatic carbocycles. The Balaban J connectivity index is 2.02. The largest absolute Gasteiger partial charge is 0.338 e. The van der Waals surface area contributed by atoms with Gasteiger partial charge in [-0.1, -0.05) is 19.1 Å². The number of urea groups is 1. The Hall–Kier alpha value is -1.58. The van der Waals surface area contributed by atoms with Gasteiger partial charge in [-0.05, 0) is 37.0 Å². The lowest BCUT2D eigenvalue weighted by Crippen LogP contribution is -2.42. The van der Waals surface area contributed by atoms with E-state index in [9.17, 15) is 9.18 Å². The van der Waals surface area contributed by atoms with Crippen LogP contribution in [-0.4, -0.2) is 12.6 Å². The quantitative estimate of drug-likeness (QED) is 0.828. The first-order chi connectivity index (χ1) is 8.16. The summed E-state index contributed by atoms with van der Waals surface area (Å²) in [5.41, 5.74) is 0.504. The minimum absolute atomic E-state index is 0.173. The standard InChI is InChI=1S/C13H17FN2O/c1-2-8-15-12(17)16-13(6-7-13)10-4-3-5-11(14)9-10/h3-5,9H,2,6-8H2,1H3,(H2,15,16,17). The molecule has 3 nitrogen and oxygen atoms in total. The van der Waals surface area contributed by atoms with Crippen molar-refractivity contribution < 1.29 is 9.18 Å². The lowest BCUT2D eigenvalue weighted by molar-refractivity contribution is 0.235. The molecule has 1 aromatic carbocycles. The van der Waals surface area contributed by atoms with Crippen LogP contribution in [0.5, 0.6) is 0 Å². The van der Waals surface area contributed by atoms with Crippen LogP contribution in [0.15, 0.2) is 24.3 Å². The minimum atomic E-state index is -0.347. The summed E-state index contributed by atoms with van der Waals surface area (Å²) < 4.78 is 13.1. The monoisotopic (exact) mass is 236 g/mol. The van der Waals surface area contributed by atoms with E-state index in [2.05, 4.69) is 10.6 Å². The third-order valence-corrected chi connectivity index (χ3v) is 3.02. The fourth-order valence-corrected chi connectivity index (χ4v) is 1.90. The van der Waals surface area contributed by atoms with Crippen molar-refractivity contribution in [2.24, 2.45) is 0 Å². The van der Waals surface area contributed by atoms with Crippen molar-refractivity contribution in [3.05, 3.63) is 35.6 Å². The fourth-order valence-electron chi connectivity index (χ4n) is 1.90.